The van der Waals surface area contributed by atoms with Crippen LogP contribution in [0, 0.1) is 5.92 Å². The summed E-state index contributed by atoms with van der Waals surface area (Å²) in [4.78, 5) is 16.3. The van der Waals surface area contributed by atoms with Gasteiger partial charge in [-0.25, -0.2) is 9.67 Å². The minimum absolute atomic E-state index is 0. The van der Waals surface area contributed by atoms with E-state index in [0.717, 1.165) is 10.8 Å². The van der Waals surface area contributed by atoms with E-state index in [4.69, 9.17) is 5.73 Å². The van der Waals surface area contributed by atoms with Crippen LogP contribution in [0.1, 0.15) is 41.3 Å². The van der Waals surface area contributed by atoms with Crippen LogP contribution in [0.2, 0.25) is 0 Å². The quantitative estimate of drug-likeness (QED) is 0.883. The molecule has 114 valence electrons. The zero-order chi connectivity index (χ0) is 14.1. The summed E-state index contributed by atoms with van der Waals surface area (Å²) in [6.07, 6.45) is 4.18. The highest BCUT2D eigenvalue weighted by Gasteiger charge is 2.30. The van der Waals surface area contributed by atoms with Crippen LogP contribution in [0.3, 0.4) is 0 Å². The number of aromatic nitrogens is 3. The Bertz CT molecular complexity index is 622. The van der Waals surface area contributed by atoms with E-state index in [0.29, 0.717) is 24.2 Å². The van der Waals surface area contributed by atoms with Crippen molar-refractivity contribution in [1.82, 2.24) is 14.8 Å². The Hall–Kier alpha value is -1.44. The van der Waals surface area contributed by atoms with Gasteiger partial charge in [0.15, 0.2) is 0 Å². The van der Waals surface area contributed by atoms with Crippen molar-refractivity contribution in [2.75, 3.05) is 5.32 Å². The van der Waals surface area contributed by atoms with E-state index < -0.39 is 0 Å². The van der Waals surface area contributed by atoms with Crippen molar-refractivity contribution in [2.24, 2.45) is 11.7 Å². The summed E-state index contributed by atoms with van der Waals surface area (Å²) in [6.45, 7) is 2.49. The molecule has 0 aromatic carbocycles. The topological polar surface area (TPSA) is 85.8 Å². The molecule has 2 heterocycles. The van der Waals surface area contributed by atoms with Crippen molar-refractivity contribution >= 4 is 35.5 Å². The fourth-order valence-electron chi connectivity index (χ4n) is 2.21. The first-order chi connectivity index (χ1) is 9.69. The maximum absolute atomic E-state index is 12.2. The summed E-state index contributed by atoms with van der Waals surface area (Å²) in [7, 11) is 0. The SMILES string of the molecule is CC(C1CC1)n1nccc1NC(=O)c1csc(CN)n1.Cl. The smallest absolute Gasteiger partial charge is 0.276 e. The zero-order valence-corrected chi connectivity index (χ0v) is 13.3. The first-order valence-electron chi connectivity index (χ1n) is 6.68. The maximum Gasteiger partial charge on any atom is 0.276 e. The molecule has 0 bridgehead atoms. The molecular formula is C13H18ClN5OS. The highest BCUT2D eigenvalue weighted by molar-refractivity contribution is 7.09. The molecule has 0 saturated heterocycles. The van der Waals surface area contributed by atoms with Crippen molar-refractivity contribution in [1.29, 1.82) is 0 Å². The van der Waals surface area contributed by atoms with Crippen LogP contribution in [0.25, 0.3) is 0 Å². The standard InChI is InChI=1S/C13H17N5OS.ClH/c1-8(9-2-3-9)18-11(4-5-15-18)17-13(19)10-7-20-12(6-14)16-10;/h4-5,7-9H,2-3,6,14H2,1H3,(H,17,19);1H. The Kier molecular flexibility index (Phi) is 4.97. The molecule has 1 unspecified atom stereocenters. The predicted molar refractivity (Wildman–Crippen MR) is 84.9 cm³/mol. The van der Waals surface area contributed by atoms with Gasteiger partial charge in [0, 0.05) is 18.0 Å². The van der Waals surface area contributed by atoms with E-state index in [1.807, 2.05) is 10.7 Å². The Morgan fingerprint density at radius 1 is 1.62 bits per heavy atom. The van der Waals surface area contributed by atoms with Crippen molar-refractivity contribution in [3.8, 4) is 0 Å². The van der Waals surface area contributed by atoms with Gasteiger partial charge >= 0.3 is 0 Å². The number of thiazole rings is 1. The molecule has 6 nitrogen and oxygen atoms in total. The maximum atomic E-state index is 12.2. The molecule has 3 N–H and O–H groups in total. The van der Waals surface area contributed by atoms with Gasteiger partial charge in [-0.3, -0.25) is 4.79 Å². The molecule has 1 atom stereocenters. The van der Waals surface area contributed by atoms with Gasteiger partial charge in [-0.1, -0.05) is 0 Å². The van der Waals surface area contributed by atoms with E-state index in [-0.39, 0.29) is 18.3 Å². The molecule has 0 radical (unpaired) electrons. The molecule has 1 saturated carbocycles. The molecular weight excluding hydrogens is 310 g/mol. The molecule has 2 aromatic heterocycles. The van der Waals surface area contributed by atoms with Crippen LogP contribution < -0.4 is 11.1 Å². The lowest BCUT2D eigenvalue weighted by atomic mass is 10.2. The second-order valence-corrected chi connectivity index (χ2v) is 5.97. The first kappa shape index (κ1) is 15.9. The highest BCUT2D eigenvalue weighted by Crippen LogP contribution is 2.40. The molecule has 2 aromatic rings. The van der Waals surface area contributed by atoms with Gasteiger partial charge in [-0.2, -0.15) is 5.10 Å². The van der Waals surface area contributed by atoms with Crippen molar-refractivity contribution in [3.63, 3.8) is 0 Å². The summed E-state index contributed by atoms with van der Waals surface area (Å²) in [5, 5.41) is 9.67. The lowest BCUT2D eigenvalue weighted by molar-refractivity contribution is 0.102. The number of nitrogens with zero attached hydrogens (tertiary/aromatic N) is 3. The second kappa shape index (κ2) is 6.55. The van der Waals surface area contributed by atoms with Gasteiger partial charge in [0.2, 0.25) is 0 Å². The highest BCUT2D eigenvalue weighted by atomic mass is 35.5. The Morgan fingerprint density at radius 3 is 3.00 bits per heavy atom. The third kappa shape index (κ3) is 3.42. The first-order valence-corrected chi connectivity index (χ1v) is 7.56. The van der Waals surface area contributed by atoms with Gasteiger partial charge in [-0.05, 0) is 25.7 Å². The van der Waals surface area contributed by atoms with E-state index in [9.17, 15) is 4.79 Å². The normalized spacial score (nSPS) is 15.3. The summed E-state index contributed by atoms with van der Waals surface area (Å²) in [6, 6.07) is 2.13. The zero-order valence-electron chi connectivity index (χ0n) is 11.7. The monoisotopic (exact) mass is 327 g/mol. The van der Waals surface area contributed by atoms with Gasteiger partial charge in [0.25, 0.3) is 5.91 Å². The third-order valence-corrected chi connectivity index (χ3v) is 4.43. The second-order valence-electron chi connectivity index (χ2n) is 5.02. The molecule has 1 aliphatic rings. The number of carbonyl (C=O) groups excluding carboxylic acids is 1. The van der Waals surface area contributed by atoms with Gasteiger partial charge in [0.1, 0.15) is 16.5 Å². The average Bonchev–Trinajstić information content (AvgIpc) is 3.01. The Labute approximate surface area is 133 Å². The lowest BCUT2D eigenvalue weighted by Gasteiger charge is -2.14. The fraction of sp³-hybridized carbons (Fsp3) is 0.462. The van der Waals surface area contributed by atoms with E-state index in [1.54, 1.807) is 11.6 Å². The van der Waals surface area contributed by atoms with Crippen LogP contribution in [-0.4, -0.2) is 20.7 Å². The van der Waals surface area contributed by atoms with E-state index in [1.165, 1.54) is 24.2 Å². The minimum Gasteiger partial charge on any atom is -0.325 e. The largest absolute Gasteiger partial charge is 0.325 e. The number of nitrogens with one attached hydrogen (secondary N) is 1. The number of amides is 1. The number of rotatable bonds is 5. The van der Waals surface area contributed by atoms with E-state index >= 15 is 0 Å². The summed E-state index contributed by atoms with van der Waals surface area (Å²) in [5.74, 6) is 1.18. The fourth-order valence-corrected chi connectivity index (χ4v) is 2.86. The number of anilines is 1. The number of nitrogens with two attached hydrogens (primary N) is 1. The number of halogens is 1. The number of hydrogen-bond acceptors (Lipinski definition) is 5. The van der Waals surface area contributed by atoms with Crippen LogP contribution in [0.4, 0.5) is 5.82 Å². The van der Waals surface area contributed by atoms with Gasteiger partial charge < -0.3 is 11.1 Å². The van der Waals surface area contributed by atoms with Crippen LogP contribution in [0.5, 0.6) is 0 Å². The molecule has 8 heteroatoms. The van der Waals surface area contributed by atoms with Crippen molar-refractivity contribution in [3.05, 3.63) is 28.3 Å². The summed E-state index contributed by atoms with van der Waals surface area (Å²) in [5.41, 5.74) is 5.91. The van der Waals surface area contributed by atoms with Crippen LogP contribution >= 0.6 is 23.7 Å². The van der Waals surface area contributed by atoms with Gasteiger partial charge in [0.05, 0.1) is 12.2 Å². The summed E-state index contributed by atoms with van der Waals surface area (Å²) >= 11 is 1.40. The summed E-state index contributed by atoms with van der Waals surface area (Å²) < 4.78 is 1.88. The molecule has 3 rings (SSSR count). The van der Waals surface area contributed by atoms with Crippen molar-refractivity contribution in [2.45, 2.75) is 32.4 Å². The van der Waals surface area contributed by atoms with E-state index in [2.05, 4.69) is 22.3 Å². The molecule has 1 amide bonds. The average molecular weight is 328 g/mol. The Balaban J connectivity index is 0.00000161. The minimum atomic E-state index is -0.217. The number of hydrogen-bond donors (Lipinski definition) is 2. The number of carbonyl (C=O) groups is 1. The molecule has 1 aliphatic carbocycles. The van der Waals surface area contributed by atoms with Gasteiger partial charge in [-0.15, -0.1) is 23.7 Å². The molecule has 0 aliphatic heterocycles. The van der Waals surface area contributed by atoms with Crippen LogP contribution in [0.15, 0.2) is 17.6 Å². The van der Waals surface area contributed by atoms with Crippen molar-refractivity contribution < 1.29 is 4.79 Å². The molecule has 21 heavy (non-hydrogen) atoms. The molecule has 0 spiro atoms. The van der Waals surface area contributed by atoms with Crippen LogP contribution in [-0.2, 0) is 6.54 Å². The third-order valence-electron chi connectivity index (χ3n) is 3.56. The lowest BCUT2D eigenvalue weighted by Crippen LogP contribution is -2.18. The predicted octanol–water partition coefficient (Wildman–Crippen LogP) is 2.44. The molecule has 1 fully saturated rings. The Morgan fingerprint density at radius 2 is 2.38 bits per heavy atom.